The Hall–Kier alpha value is -3.53. The average Bonchev–Trinajstić information content (AvgIpc) is 3.34. The fraction of sp³-hybridized carbons (Fsp3) is 0.417. The Kier molecular flexibility index (Phi) is 4.80. The number of rotatable bonds is 2. The van der Waals surface area contributed by atoms with Crippen LogP contribution in [0, 0.1) is 12.7 Å². The molecule has 34 heavy (non-hydrogen) atoms. The van der Waals surface area contributed by atoms with Gasteiger partial charge in [0.1, 0.15) is 12.0 Å². The van der Waals surface area contributed by atoms with Gasteiger partial charge in [-0.05, 0) is 50.0 Å². The van der Waals surface area contributed by atoms with Crippen LogP contribution in [0.2, 0.25) is 0 Å². The molecule has 0 aliphatic carbocycles. The topological polar surface area (TPSA) is 84.1 Å². The van der Waals surface area contributed by atoms with Crippen LogP contribution >= 0.6 is 0 Å². The van der Waals surface area contributed by atoms with Crippen LogP contribution in [-0.4, -0.2) is 48.6 Å². The Bertz CT molecular complexity index is 1390. The number of nitrogens with one attached hydrogen (secondary N) is 1. The van der Waals surface area contributed by atoms with Gasteiger partial charge in [0.25, 0.3) is 0 Å². The van der Waals surface area contributed by atoms with Gasteiger partial charge in [0, 0.05) is 44.4 Å². The van der Waals surface area contributed by atoms with E-state index < -0.39 is 11.4 Å². The van der Waals surface area contributed by atoms with Gasteiger partial charge in [-0.25, -0.2) is 14.3 Å². The summed E-state index contributed by atoms with van der Waals surface area (Å²) >= 11 is 0. The molecule has 0 radical (unpaired) electrons. The maximum atomic E-state index is 14.3. The van der Waals surface area contributed by atoms with E-state index in [9.17, 15) is 9.18 Å². The zero-order valence-electron chi connectivity index (χ0n) is 19.5. The normalized spacial score (nSPS) is 20.0. The highest BCUT2D eigenvalue weighted by atomic mass is 19.1. The summed E-state index contributed by atoms with van der Waals surface area (Å²) in [4.78, 5) is 26.3. The van der Waals surface area contributed by atoms with Crippen molar-refractivity contribution in [3.8, 4) is 0 Å². The van der Waals surface area contributed by atoms with Crippen LogP contribution in [0.15, 0.2) is 34.9 Å². The average molecular weight is 463 g/mol. The van der Waals surface area contributed by atoms with Gasteiger partial charge in [0.15, 0.2) is 5.82 Å². The molecule has 176 valence electrons. The highest BCUT2D eigenvalue weighted by Gasteiger charge is 2.32. The SMILES string of the molecule is CC1=C(C)C(N2CCc3ncc(N4CCCn5nccc54)cc3C2)Nn2c1nc(C)c(F)c2=O. The molecule has 10 heteroatoms. The van der Waals surface area contributed by atoms with Gasteiger partial charge in [-0.1, -0.05) is 0 Å². The first-order valence-corrected chi connectivity index (χ1v) is 11.7. The van der Waals surface area contributed by atoms with Gasteiger partial charge >= 0.3 is 5.56 Å². The minimum absolute atomic E-state index is 0.119. The van der Waals surface area contributed by atoms with E-state index in [1.165, 1.54) is 17.2 Å². The fourth-order valence-corrected chi connectivity index (χ4v) is 5.22. The van der Waals surface area contributed by atoms with Gasteiger partial charge in [-0.3, -0.25) is 20.1 Å². The van der Waals surface area contributed by atoms with E-state index in [2.05, 4.69) is 31.4 Å². The molecule has 0 fully saturated rings. The molecule has 9 nitrogen and oxygen atoms in total. The zero-order chi connectivity index (χ0) is 23.6. The van der Waals surface area contributed by atoms with Crippen molar-refractivity contribution in [1.29, 1.82) is 0 Å². The van der Waals surface area contributed by atoms with Crippen molar-refractivity contribution in [2.75, 3.05) is 23.4 Å². The smallest absolute Gasteiger partial charge is 0.308 e. The third-order valence-electron chi connectivity index (χ3n) is 7.24. The lowest BCUT2D eigenvalue weighted by molar-refractivity contribution is 0.204. The van der Waals surface area contributed by atoms with E-state index in [0.29, 0.717) is 12.4 Å². The van der Waals surface area contributed by atoms with Crippen molar-refractivity contribution in [3.05, 3.63) is 69.0 Å². The number of allylic oxidation sites excluding steroid dienone is 1. The van der Waals surface area contributed by atoms with E-state index in [1.807, 2.05) is 37.0 Å². The van der Waals surface area contributed by atoms with Gasteiger partial charge in [0.2, 0.25) is 5.82 Å². The molecular weight excluding hydrogens is 435 g/mol. The quantitative estimate of drug-likeness (QED) is 0.627. The standard InChI is InChI=1S/C24H27FN8O/c1-14-15(2)23(29-33-22(14)28-16(3)21(25)24(33)34)30-10-6-19-17(13-30)11-18(12-26-19)31-8-4-9-32-20(31)5-7-27-32/h5,7,11-12,23,29H,4,6,8-10,13H2,1-3H3. The van der Waals surface area contributed by atoms with E-state index in [-0.39, 0.29) is 11.9 Å². The number of hydrogen-bond donors (Lipinski definition) is 1. The van der Waals surface area contributed by atoms with Crippen molar-refractivity contribution >= 4 is 17.1 Å². The molecule has 0 spiro atoms. The molecule has 3 aliphatic heterocycles. The van der Waals surface area contributed by atoms with Gasteiger partial charge in [0.05, 0.1) is 23.8 Å². The van der Waals surface area contributed by atoms with Gasteiger partial charge in [-0.15, -0.1) is 0 Å². The molecule has 1 unspecified atom stereocenters. The van der Waals surface area contributed by atoms with Gasteiger partial charge < -0.3 is 4.90 Å². The maximum Gasteiger partial charge on any atom is 0.308 e. The largest absolute Gasteiger partial charge is 0.325 e. The number of halogens is 1. The summed E-state index contributed by atoms with van der Waals surface area (Å²) in [6.45, 7) is 8.82. The molecule has 3 aromatic heterocycles. The lowest BCUT2D eigenvalue weighted by atomic mass is 10.00. The number of fused-ring (bicyclic) bond motifs is 3. The van der Waals surface area contributed by atoms with Crippen LogP contribution in [0.1, 0.15) is 43.0 Å². The molecule has 0 amide bonds. The molecule has 6 rings (SSSR count). The maximum absolute atomic E-state index is 14.3. The highest BCUT2D eigenvalue weighted by Crippen LogP contribution is 2.32. The van der Waals surface area contributed by atoms with Crippen molar-refractivity contribution in [2.45, 2.75) is 52.9 Å². The van der Waals surface area contributed by atoms with E-state index in [1.54, 1.807) is 0 Å². The summed E-state index contributed by atoms with van der Waals surface area (Å²) in [6, 6.07) is 4.26. The molecule has 3 aliphatic rings. The Balaban J connectivity index is 1.32. The van der Waals surface area contributed by atoms with Crippen LogP contribution in [0.5, 0.6) is 0 Å². The lowest BCUT2D eigenvalue weighted by Crippen LogP contribution is -2.53. The number of nitrogens with zero attached hydrogens (tertiary/aromatic N) is 7. The zero-order valence-corrected chi connectivity index (χ0v) is 19.5. The summed E-state index contributed by atoms with van der Waals surface area (Å²) in [5, 5.41) is 4.42. The molecule has 6 heterocycles. The Morgan fingerprint density at radius 1 is 1.18 bits per heavy atom. The third-order valence-corrected chi connectivity index (χ3v) is 7.24. The predicted octanol–water partition coefficient (Wildman–Crippen LogP) is 2.56. The number of aromatic nitrogens is 5. The highest BCUT2D eigenvalue weighted by molar-refractivity contribution is 5.65. The Morgan fingerprint density at radius 2 is 2.03 bits per heavy atom. The fourth-order valence-electron chi connectivity index (χ4n) is 5.22. The Labute approximate surface area is 196 Å². The first-order chi connectivity index (χ1) is 16.4. The van der Waals surface area contributed by atoms with E-state index >= 15 is 0 Å². The van der Waals surface area contributed by atoms with Gasteiger partial charge in [-0.2, -0.15) is 9.49 Å². The summed E-state index contributed by atoms with van der Waals surface area (Å²) in [5.74, 6) is 0.742. The Morgan fingerprint density at radius 3 is 2.88 bits per heavy atom. The van der Waals surface area contributed by atoms with Crippen molar-refractivity contribution in [1.82, 2.24) is 29.3 Å². The van der Waals surface area contributed by atoms with Crippen LogP contribution < -0.4 is 15.9 Å². The second-order valence-electron chi connectivity index (χ2n) is 9.25. The van der Waals surface area contributed by atoms with Crippen molar-refractivity contribution < 1.29 is 4.39 Å². The predicted molar refractivity (Wildman–Crippen MR) is 127 cm³/mol. The first-order valence-electron chi connectivity index (χ1n) is 11.7. The van der Waals surface area contributed by atoms with E-state index in [4.69, 9.17) is 4.98 Å². The summed E-state index contributed by atoms with van der Waals surface area (Å²) in [5.41, 5.74) is 7.95. The third kappa shape index (κ3) is 3.16. The minimum atomic E-state index is -0.819. The monoisotopic (exact) mass is 462 g/mol. The molecule has 0 saturated heterocycles. The second kappa shape index (κ2) is 7.76. The first kappa shape index (κ1) is 21.0. The number of aryl methyl sites for hydroxylation is 2. The molecule has 3 aromatic rings. The lowest BCUT2D eigenvalue weighted by Gasteiger charge is -2.40. The van der Waals surface area contributed by atoms with Crippen LogP contribution in [-0.2, 0) is 19.5 Å². The number of hydrogen-bond acceptors (Lipinski definition) is 7. The van der Waals surface area contributed by atoms with E-state index in [0.717, 1.165) is 60.8 Å². The summed E-state index contributed by atoms with van der Waals surface area (Å²) in [6.07, 6.45) is 5.40. The molecule has 0 saturated carbocycles. The minimum Gasteiger partial charge on any atom is -0.325 e. The van der Waals surface area contributed by atoms with Crippen LogP contribution in [0.4, 0.5) is 15.9 Å². The van der Waals surface area contributed by atoms with Crippen molar-refractivity contribution in [3.63, 3.8) is 0 Å². The number of anilines is 2. The molecule has 0 aromatic carbocycles. The number of pyridine rings is 1. The molecule has 0 bridgehead atoms. The second-order valence-corrected chi connectivity index (χ2v) is 9.25. The molecule has 1 N–H and O–H groups in total. The van der Waals surface area contributed by atoms with Crippen molar-refractivity contribution in [2.24, 2.45) is 0 Å². The summed E-state index contributed by atoms with van der Waals surface area (Å²) < 4.78 is 17.6. The van der Waals surface area contributed by atoms with Crippen LogP contribution in [0.3, 0.4) is 0 Å². The van der Waals surface area contributed by atoms with Crippen LogP contribution in [0.25, 0.3) is 5.57 Å². The molecular formula is C24H27FN8O. The molecule has 1 atom stereocenters. The summed E-state index contributed by atoms with van der Waals surface area (Å²) in [7, 11) is 0.